The number of hydrogen-bond donors (Lipinski definition) is 1. The lowest BCUT2D eigenvalue weighted by Gasteiger charge is -2.36. The Kier molecular flexibility index (Phi) is 10.4. The number of ether oxygens (including phenoxy) is 1. The third-order valence-corrected chi connectivity index (χ3v) is 4.52. The highest BCUT2D eigenvalue weighted by molar-refractivity contribution is 5.85. The molecule has 0 aromatic heterocycles. The molecule has 0 amide bonds. The molecule has 4 nitrogen and oxygen atoms in total. The van der Waals surface area contributed by atoms with Gasteiger partial charge in [0, 0.05) is 45.0 Å². The molecule has 1 aliphatic heterocycles. The highest BCUT2D eigenvalue weighted by Crippen LogP contribution is 2.16. The molecule has 0 radical (unpaired) electrons. The zero-order chi connectivity index (χ0) is 16.6. The highest BCUT2D eigenvalue weighted by atomic mass is 35.5. The summed E-state index contributed by atoms with van der Waals surface area (Å²) >= 11 is 0. The fraction of sp³-hybridized carbons (Fsp3) is 0.400. The molecule has 0 saturated carbocycles. The van der Waals surface area contributed by atoms with E-state index in [9.17, 15) is 0 Å². The Balaban J connectivity index is 0.00000169. The molecular formula is C20H29Cl2N3O. The first-order valence-corrected chi connectivity index (χ1v) is 8.79. The van der Waals surface area contributed by atoms with Crippen LogP contribution in [0, 0.1) is 0 Å². The van der Waals surface area contributed by atoms with Gasteiger partial charge in [-0.1, -0.05) is 30.3 Å². The van der Waals surface area contributed by atoms with Gasteiger partial charge in [0.2, 0.25) is 0 Å². The maximum absolute atomic E-state index is 5.84. The molecule has 144 valence electrons. The van der Waals surface area contributed by atoms with Crippen molar-refractivity contribution in [2.24, 2.45) is 5.73 Å². The number of nitrogens with two attached hydrogens (primary N) is 1. The maximum Gasteiger partial charge on any atom is 0.119 e. The summed E-state index contributed by atoms with van der Waals surface area (Å²) in [4.78, 5) is 4.99. The maximum atomic E-state index is 5.84. The van der Waals surface area contributed by atoms with Gasteiger partial charge in [-0.05, 0) is 36.2 Å². The molecule has 2 N–H and O–H groups in total. The molecule has 1 heterocycles. The molecule has 0 unspecified atom stereocenters. The molecule has 2 aromatic carbocycles. The first-order valence-electron chi connectivity index (χ1n) is 8.79. The third kappa shape index (κ3) is 6.69. The zero-order valence-corrected chi connectivity index (χ0v) is 16.7. The molecule has 1 fully saturated rings. The molecule has 6 heteroatoms. The Hall–Kier alpha value is -1.46. The summed E-state index contributed by atoms with van der Waals surface area (Å²) in [5.74, 6) is 0.923. The lowest BCUT2D eigenvalue weighted by atomic mass is 10.2. The molecule has 0 spiro atoms. The Morgan fingerprint density at radius 1 is 0.885 bits per heavy atom. The average Bonchev–Trinajstić information content (AvgIpc) is 2.67. The second-order valence-electron chi connectivity index (χ2n) is 6.22. The van der Waals surface area contributed by atoms with Crippen LogP contribution in [0.2, 0.25) is 0 Å². The summed E-state index contributed by atoms with van der Waals surface area (Å²) in [5.41, 5.74) is 8.11. The molecule has 1 saturated heterocycles. The van der Waals surface area contributed by atoms with Crippen LogP contribution in [0.1, 0.15) is 12.0 Å². The summed E-state index contributed by atoms with van der Waals surface area (Å²) in [6.45, 7) is 6.86. The van der Waals surface area contributed by atoms with E-state index in [0.717, 1.165) is 57.1 Å². The van der Waals surface area contributed by atoms with E-state index in [4.69, 9.17) is 10.5 Å². The monoisotopic (exact) mass is 397 g/mol. The number of benzene rings is 2. The van der Waals surface area contributed by atoms with Gasteiger partial charge in [-0.15, -0.1) is 24.8 Å². The molecule has 1 aliphatic rings. The van der Waals surface area contributed by atoms with Crippen LogP contribution in [0.5, 0.6) is 5.75 Å². The molecule has 3 rings (SSSR count). The minimum atomic E-state index is 0. The Labute approximate surface area is 169 Å². The lowest BCUT2D eigenvalue weighted by Crippen LogP contribution is -2.46. The van der Waals surface area contributed by atoms with E-state index in [1.165, 1.54) is 5.69 Å². The van der Waals surface area contributed by atoms with E-state index in [1.807, 2.05) is 24.3 Å². The summed E-state index contributed by atoms with van der Waals surface area (Å²) in [6.07, 6.45) is 1.05. The van der Waals surface area contributed by atoms with E-state index in [1.54, 1.807) is 0 Å². The number of anilines is 1. The van der Waals surface area contributed by atoms with Crippen molar-refractivity contribution in [3.63, 3.8) is 0 Å². The van der Waals surface area contributed by atoms with Gasteiger partial charge in [-0.2, -0.15) is 0 Å². The number of halogens is 2. The SMILES string of the molecule is Cl.Cl.NCc1cccc(OCCCN2CCN(c3ccccc3)CC2)c1. The van der Waals surface area contributed by atoms with Crippen molar-refractivity contribution in [2.45, 2.75) is 13.0 Å². The Morgan fingerprint density at radius 3 is 2.31 bits per heavy atom. The van der Waals surface area contributed by atoms with Gasteiger partial charge in [0.15, 0.2) is 0 Å². The third-order valence-electron chi connectivity index (χ3n) is 4.52. The van der Waals surface area contributed by atoms with Crippen molar-refractivity contribution in [3.05, 3.63) is 60.2 Å². The van der Waals surface area contributed by atoms with E-state index in [0.29, 0.717) is 6.54 Å². The van der Waals surface area contributed by atoms with Gasteiger partial charge in [-0.25, -0.2) is 0 Å². The van der Waals surface area contributed by atoms with Crippen molar-refractivity contribution < 1.29 is 4.74 Å². The van der Waals surface area contributed by atoms with Gasteiger partial charge in [-0.3, -0.25) is 4.90 Å². The van der Waals surface area contributed by atoms with Crippen molar-refractivity contribution >= 4 is 30.5 Å². The van der Waals surface area contributed by atoms with E-state index in [-0.39, 0.29) is 24.8 Å². The number of nitrogens with zero attached hydrogens (tertiary/aromatic N) is 2. The van der Waals surface area contributed by atoms with E-state index in [2.05, 4.69) is 40.1 Å². The fourth-order valence-corrected chi connectivity index (χ4v) is 3.11. The van der Waals surface area contributed by atoms with Crippen LogP contribution in [0.3, 0.4) is 0 Å². The van der Waals surface area contributed by atoms with Crippen molar-refractivity contribution in [2.75, 3.05) is 44.2 Å². The quantitative estimate of drug-likeness (QED) is 0.724. The predicted octanol–water partition coefficient (Wildman–Crippen LogP) is 3.58. The van der Waals surface area contributed by atoms with Crippen LogP contribution < -0.4 is 15.4 Å². The zero-order valence-electron chi connectivity index (χ0n) is 15.0. The van der Waals surface area contributed by atoms with Crippen molar-refractivity contribution in [1.29, 1.82) is 0 Å². The first kappa shape index (κ1) is 22.6. The molecule has 0 bridgehead atoms. The first-order chi connectivity index (χ1) is 11.8. The second-order valence-corrected chi connectivity index (χ2v) is 6.22. The van der Waals surface area contributed by atoms with Gasteiger partial charge in [0.1, 0.15) is 5.75 Å². The Bertz CT molecular complexity index is 619. The van der Waals surface area contributed by atoms with Crippen LogP contribution in [-0.4, -0.2) is 44.2 Å². The van der Waals surface area contributed by atoms with Crippen LogP contribution in [0.25, 0.3) is 0 Å². The van der Waals surface area contributed by atoms with E-state index < -0.39 is 0 Å². The standard InChI is InChI=1S/C20H27N3O.2ClH/c21-17-18-6-4-9-20(16-18)24-15-5-10-22-11-13-23(14-12-22)19-7-2-1-3-8-19;;/h1-4,6-9,16H,5,10-15,17,21H2;2*1H. The summed E-state index contributed by atoms with van der Waals surface area (Å²) in [6, 6.07) is 18.7. The number of piperazine rings is 1. The largest absolute Gasteiger partial charge is 0.494 e. The van der Waals surface area contributed by atoms with Crippen molar-refractivity contribution in [1.82, 2.24) is 4.90 Å². The smallest absolute Gasteiger partial charge is 0.119 e. The van der Waals surface area contributed by atoms with Crippen LogP contribution in [-0.2, 0) is 6.54 Å². The molecule has 2 aromatic rings. The van der Waals surface area contributed by atoms with Gasteiger partial charge in [0.05, 0.1) is 6.61 Å². The average molecular weight is 398 g/mol. The topological polar surface area (TPSA) is 41.7 Å². The van der Waals surface area contributed by atoms with Crippen molar-refractivity contribution in [3.8, 4) is 5.75 Å². The van der Waals surface area contributed by atoms with Gasteiger partial charge < -0.3 is 15.4 Å². The Morgan fingerprint density at radius 2 is 1.62 bits per heavy atom. The van der Waals surface area contributed by atoms with Gasteiger partial charge in [0.25, 0.3) is 0 Å². The highest BCUT2D eigenvalue weighted by Gasteiger charge is 2.16. The molecule has 26 heavy (non-hydrogen) atoms. The van der Waals surface area contributed by atoms with E-state index >= 15 is 0 Å². The van der Waals surface area contributed by atoms with Gasteiger partial charge >= 0.3 is 0 Å². The normalized spacial score (nSPS) is 14.3. The molecule has 0 aliphatic carbocycles. The van der Waals surface area contributed by atoms with Crippen LogP contribution >= 0.6 is 24.8 Å². The summed E-state index contributed by atoms with van der Waals surface area (Å²) in [5, 5.41) is 0. The summed E-state index contributed by atoms with van der Waals surface area (Å²) in [7, 11) is 0. The molecule has 0 atom stereocenters. The van der Waals surface area contributed by atoms with Crippen LogP contribution in [0.15, 0.2) is 54.6 Å². The number of rotatable bonds is 7. The predicted molar refractivity (Wildman–Crippen MR) is 114 cm³/mol. The number of hydrogen-bond acceptors (Lipinski definition) is 4. The second kappa shape index (κ2) is 12.0. The minimum absolute atomic E-state index is 0. The van der Waals surface area contributed by atoms with Crippen LogP contribution in [0.4, 0.5) is 5.69 Å². The molecular weight excluding hydrogens is 369 g/mol. The minimum Gasteiger partial charge on any atom is -0.494 e. The number of para-hydroxylation sites is 1. The fourth-order valence-electron chi connectivity index (χ4n) is 3.11. The lowest BCUT2D eigenvalue weighted by molar-refractivity contribution is 0.224. The summed E-state index contributed by atoms with van der Waals surface area (Å²) < 4.78 is 5.84.